The lowest BCUT2D eigenvalue weighted by molar-refractivity contribution is -0.0999. The number of anilines is 1. The van der Waals surface area contributed by atoms with Crippen molar-refractivity contribution in [3.05, 3.63) is 40.6 Å². The van der Waals surface area contributed by atoms with Crippen molar-refractivity contribution < 1.29 is 18.0 Å². The molecule has 1 aromatic heterocycles. The maximum Gasteiger partial charge on any atom is 0.482 e. The summed E-state index contributed by atoms with van der Waals surface area (Å²) in [4.78, 5) is 12.8. The van der Waals surface area contributed by atoms with Gasteiger partial charge in [-0.05, 0) is 53.5 Å². The first-order valence-electron chi connectivity index (χ1n) is 8.23. The van der Waals surface area contributed by atoms with Gasteiger partial charge in [0.25, 0.3) is 5.91 Å². The zero-order chi connectivity index (χ0) is 17.9. The van der Waals surface area contributed by atoms with Crippen molar-refractivity contribution in [3.63, 3.8) is 0 Å². The van der Waals surface area contributed by atoms with Crippen molar-refractivity contribution in [1.29, 1.82) is 0 Å². The number of halogens is 3. The molecule has 1 aromatic carbocycles. The number of hydrogen-bond acceptors (Lipinski definition) is 3. The van der Waals surface area contributed by atoms with Crippen LogP contribution in [0.5, 0.6) is 0 Å². The summed E-state index contributed by atoms with van der Waals surface area (Å²) in [5.74, 6) is 0.496. The van der Waals surface area contributed by atoms with Crippen molar-refractivity contribution in [3.8, 4) is 11.1 Å². The van der Waals surface area contributed by atoms with E-state index in [0.717, 1.165) is 11.1 Å². The third-order valence-electron chi connectivity index (χ3n) is 4.35. The molecule has 134 valence electrons. The fraction of sp³-hybridized carbons (Fsp3) is 0.389. The highest BCUT2D eigenvalue weighted by Crippen LogP contribution is 2.28. The zero-order valence-electron chi connectivity index (χ0n) is 13.5. The summed E-state index contributed by atoms with van der Waals surface area (Å²) in [7, 11) is 0. The molecule has 2 aromatic rings. The largest absolute Gasteiger partial charge is 0.482 e. The van der Waals surface area contributed by atoms with E-state index in [2.05, 4.69) is 5.32 Å². The molecule has 1 amide bonds. The molecule has 7 heteroatoms. The van der Waals surface area contributed by atoms with Gasteiger partial charge >= 0.3 is 6.30 Å². The molecule has 0 atom stereocenters. The molecule has 1 aliphatic carbocycles. The number of rotatable bonds is 5. The van der Waals surface area contributed by atoms with Crippen molar-refractivity contribution in [2.75, 3.05) is 11.9 Å². The van der Waals surface area contributed by atoms with Crippen LogP contribution in [0.4, 0.5) is 18.9 Å². The van der Waals surface area contributed by atoms with Gasteiger partial charge in [-0.25, -0.2) is 0 Å². The molecule has 0 radical (unpaired) electrons. The summed E-state index contributed by atoms with van der Waals surface area (Å²) in [6, 6.07) is 7.74. The summed E-state index contributed by atoms with van der Waals surface area (Å²) in [6.45, 7) is 0.712. The molecule has 1 fully saturated rings. The Morgan fingerprint density at radius 1 is 1.12 bits per heavy atom. The fourth-order valence-electron chi connectivity index (χ4n) is 3.05. The highest BCUT2D eigenvalue weighted by atomic mass is 32.1. The van der Waals surface area contributed by atoms with Gasteiger partial charge in [0, 0.05) is 12.2 Å². The number of carbonyl (C=O) groups is 1. The maximum atomic E-state index is 12.3. The minimum Gasteiger partial charge on any atom is -0.351 e. The first-order chi connectivity index (χ1) is 11.9. The van der Waals surface area contributed by atoms with Crippen LogP contribution in [0.2, 0.25) is 0 Å². The quantitative estimate of drug-likeness (QED) is 0.706. The Balaban J connectivity index is 1.61. The second-order valence-electron chi connectivity index (χ2n) is 6.26. The highest BCUT2D eigenvalue weighted by molar-refractivity contribution is 7.12. The van der Waals surface area contributed by atoms with E-state index in [0.29, 0.717) is 17.3 Å². The van der Waals surface area contributed by atoms with Crippen LogP contribution in [0.15, 0.2) is 35.7 Å². The molecule has 0 spiro atoms. The van der Waals surface area contributed by atoms with Gasteiger partial charge in [-0.3, -0.25) is 10.1 Å². The third kappa shape index (κ3) is 4.98. The summed E-state index contributed by atoms with van der Waals surface area (Å²) < 4.78 is 36.9. The average molecular weight is 368 g/mol. The van der Waals surface area contributed by atoms with E-state index < -0.39 is 6.30 Å². The molecule has 0 saturated heterocycles. The van der Waals surface area contributed by atoms with Gasteiger partial charge in [0.1, 0.15) is 0 Å². The lowest BCUT2D eigenvalue weighted by Gasteiger charge is -2.10. The lowest BCUT2D eigenvalue weighted by atomic mass is 10.1. The van der Waals surface area contributed by atoms with Crippen molar-refractivity contribution >= 4 is 22.9 Å². The Hall–Kier alpha value is -2.02. The van der Waals surface area contributed by atoms with Gasteiger partial charge in [-0.1, -0.05) is 25.0 Å². The minimum atomic E-state index is -4.45. The fourth-order valence-corrected chi connectivity index (χ4v) is 3.89. The van der Waals surface area contributed by atoms with Gasteiger partial charge in [-0.15, -0.1) is 11.3 Å². The van der Waals surface area contributed by atoms with E-state index in [1.807, 2.05) is 5.38 Å². The molecule has 3 nitrogen and oxygen atoms in total. The Bertz CT molecular complexity index is 719. The molecule has 1 saturated carbocycles. The van der Waals surface area contributed by atoms with Gasteiger partial charge in [0.15, 0.2) is 0 Å². The molecular weight excluding hydrogens is 349 g/mol. The summed E-state index contributed by atoms with van der Waals surface area (Å²) in [5, 5.41) is 6.29. The normalized spacial score (nSPS) is 15.3. The van der Waals surface area contributed by atoms with Crippen LogP contribution in [0, 0.1) is 5.92 Å². The van der Waals surface area contributed by atoms with Gasteiger partial charge < -0.3 is 5.32 Å². The van der Waals surface area contributed by atoms with Crippen molar-refractivity contribution in [2.45, 2.75) is 32.0 Å². The lowest BCUT2D eigenvalue weighted by Crippen LogP contribution is -2.27. The SMILES string of the molecule is O=C(NCC1CCCC1)c1cc(-c2ccc(NC(F)(F)F)cc2)cs1. The summed E-state index contributed by atoms with van der Waals surface area (Å²) in [6.07, 6.45) is 0.378. The topological polar surface area (TPSA) is 41.1 Å². The Labute approximate surface area is 148 Å². The predicted molar refractivity (Wildman–Crippen MR) is 93.7 cm³/mol. The monoisotopic (exact) mass is 368 g/mol. The molecule has 0 unspecified atom stereocenters. The van der Waals surface area contributed by atoms with Gasteiger partial charge in [0.05, 0.1) is 4.88 Å². The second-order valence-corrected chi connectivity index (χ2v) is 7.17. The maximum absolute atomic E-state index is 12.3. The van der Waals surface area contributed by atoms with Crippen molar-refractivity contribution in [2.24, 2.45) is 5.92 Å². The number of thiophene rings is 1. The van der Waals surface area contributed by atoms with Crippen LogP contribution in [0.3, 0.4) is 0 Å². The number of carbonyl (C=O) groups excluding carboxylic acids is 1. The second kappa shape index (κ2) is 7.47. The van der Waals surface area contributed by atoms with Crippen LogP contribution in [0.1, 0.15) is 35.4 Å². The zero-order valence-corrected chi connectivity index (χ0v) is 14.3. The van der Waals surface area contributed by atoms with E-state index in [9.17, 15) is 18.0 Å². The number of hydrogen-bond donors (Lipinski definition) is 2. The van der Waals surface area contributed by atoms with E-state index in [4.69, 9.17) is 0 Å². The predicted octanol–water partition coefficient (Wildman–Crippen LogP) is 5.27. The molecule has 25 heavy (non-hydrogen) atoms. The third-order valence-corrected chi connectivity index (χ3v) is 5.28. The van der Waals surface area contributed by atoms with Gasteiger partial charge in [-0.2, -0.15) is 13.2 Å². The van der Waals surface area contributed by atoms with Crippen molar-refractivity contribution in [1.82, 2.24) is 5.32 Å². The molecule has 1 heterocycles. The number of nitrogens with one attached hydrogen (secondary N) is 2. The molecule has 3 rings (SSSR count). The Kier molecular flexibility index (Phi) is 5.32. The van der Waals surface area contributed by atoms with E-state index in [-0.39, 0.29) is 11.6 Å². The molecule has 2 N–H and O–H groups in total. The van der Waals surface area contributed by atoms with Crippen LogP contribution in [-0.2, 0) is 0 Å². The number of alkyl halides is 3. The van der Waals surface area contributed by atoms with E-state index in [1.165, 1.54) is 54.5 Å². The molecule has 1 aliphatic rings. The average Bonchev–Trinajstić information content (AvgIpc) is 3.23. The summed E-state index contributed by atoms with van der Waals surface area (Å²) in [5.41, 5.74) is 1.59. The first kappa shape index (κ1) is 17.8. The van der Waals surface area contributed by atoms with E-state index >= 15 is 0 Å². The minimum absolute atomic E-state index is 0.0130. The molecule has 0 bridgehead atoms. The smallest absolute Gasteiger partial charge is 0.351 e. The van der Waals surface area contributed by atoms with Crippen LogP contribution in [-0.4, -0.2) is 18.8 Å². The molecular formula is C18H19F3N2OS. The summed E-state index contributed by atoms with van der Waals surface area (Å²) >= 11 is 1.34. The Morgan fingerprint density at radius 2 is 1.80 bits per heavy atom. The van der Waals surface area contributed by atoms with Crippen LogP contribution < -0.4 is 10.6 Å². The van der Waals surface area contributed by atoms with Crippen LogP contribution in [0.25, 0.3) is 11.1 Å². The highest BCUT2D eigenvalue weighted by Gasteiger charge is 2.26. The molecule has 0 aliphatic heterocycles. The number of benzene rings is 1. The number of amides is 1. The van der Waals surface area contributed by atoms with E-state index in [1.54, 1.807) is 18.2 Å². The first-order valence-corrected chi connectivity index (χ1v) is 9.11. The standard InChI is InChI=1S/C18H19F3N2OS/c19-18(20,21)23-15-7-5-13(6-8-15)14-9-16(25-11-14)17(24)22-10-12-3-1-2-4-12/h5-9,11-12,23H,1-4,10H2,(H,22,24). The van der Waals surface area contributed by atoms with Crippen LogP contribution >= 0.6 is 11.3 Å². The van der Waals surface area contributed by atoms with Gasteiger partial charge in [0.2, 0.25) is 0 Å². The Morgan fingerprint density at radius 3 is 2.44 bits per heavy atom.